The van der Waals surface area contributed by atoms with Gasteiger partial charge in [0.2, 0.25) is 0 Å². The summed E-state index contributed by atoms with van der Waals surface area (Å²) in [4.78, 5) is 10.4. The number of ether oxygens (including phenoxy) is 1. The molecule has 5 nitrogen and oxygen atoms in total. The first kappa shape index (κ1) is 8.45. The van der Waals surface area contributed by atoms with Crippen LogP contribution in [0.2, 0.25) is 0 Å². The zero-order valence-corrected chi connectivity index (χ0v) is 6.12. The molecule has 1 heterocycles. The molecule has 0 radical (unpaired) electrons. The van der Waals surface area contributed by atoms with Crippen LogP contribution < -0.4 is 11.1 Å². The van der Waals surface area contributed by atoms with Crippen molar-refractivity contribution < 1.29 is 14.6 Å². The third-order valence-corrected chi connectivity index (χ3v) is 1.64. The molecule has 0 aromatic heterocycles. The molecule has 0 aliphatic carbocycles. The summed E-state index contributed by atoms with van der Waals surface area (Å²) < 4.78 is 5.13. The molecule has 1 aliphatic heterocycles. The molecule has 0 amide bonds. The molecule has 0 unspecified atom stereocenters. The van der Waals surface area contributed by atoms with Crippen molar-refractivity contribution in [3.8, 4) is 0 Å². The standard InChI is InChI=1S/C6H12N2O3/c7-5(6(9)10)4-3-8-1-2-11-4/h4-5,8H,1-3,7H2,(H,9,10)/t4-,5-/m0/s1. The summed E-state index contributed by atoms with van der Waals surface area (Å²) in [5, 5.41) is 11.5. The fourth-order valence-corrected chi connectivity index (χ4v) is 0.975. The van der Waals surface area contributed by atoms with E-state index in [1.54, 1.807) is 0 Å². The van der Waals surface area contributed by atoms with Crippen LogP contribution >= 0.6 is 0 Å². The van der Waals surface area contributed by atoms with Gasteiger partial charge >= 0.3 is 5.97 Å². The Bertz CT molecular complexity index is 145. The Balaban J connectivity index is 2.38. The summed E-state index contributed by atoms with van der Waals surface area (Å²) in [7, 11) is 0. The van der Waals surface area contributed by atoms with Crippen molar-refractivity contribution in [3.05, 3.63) is 0 Å². The summed E-state index contributed by atoms with van der Waals surface area (Å²) in [5.41, 5.74) is 5.33. The fourth-order valence-electron chi connectivity index (χ4n) is 0.975. The highest BCUT2D eigenvalue weighted by molar-refractivity contribution is 5.73. The average Bonchev–Trinajstić information content (AvgIpc) is 2.05. The molecule has 1 saturated heterocycles. The quantitative estimate of drug-likeness (QED) is 0.452. The number of nitrogens with one attached hydrogen (secondary N) is 1. The molecule has 0 bridgehead atoms. The zero-order valence-electron chi connectivity index (χ0n) is 6.12. The highest BCUT2D eigenvalue weighted by atomic mass is 16.5. The first-order valence-corrected chi connectivity index (χ1v) is 3.52. The third-order valence-electron chi connectivity index (χ3n) is 1.64. The Morgan fingerprint density at radius 3 is 3.00 bits per heavy atom. The summed E-state index contributed by atoms with van der Waals surface area (Å²) >= 11 is 0. The zero-order chi connectivity index (χ0) is 8.27. The van der Waals surface area contributed by atoms with Gasteiger partial charge in [-0.1, -0.05) is 0 Å². The summed E-state index contributed by atoms with van der Waals surface area (Å²) in [6.07, 6.45) is -0.388. The van der Waals surface area contributed by atoms with Crippen LogP contribution in [-0.2, 0) is 9.53 Å². The Morgan fingerprint density at radius 1 is 1.82 bits per heavy atom. The van der Waals surface area contributed by atoms with Gasteiger partial charge in [0.05, 0.1) is 12.7 Å². The molecule has 0 spiro atoms. The van der Waals surface area contributed by atoms with Crippen molar-refractivity contribution in [2.75, 3.05) is 19.7 Å². The van der Waals surface area contributed by atoms with Crippen LogP contribution in [0.4, 0.5) is 0 Å². The second-order valence-corrected chi connectivity index (χ2v) is 2.48. The van der Waals surface area contributed by atoms with Crippen molar-refractivity contribution >= 4 is 5.97 Å². The van der Waals surface area contributed by atoms with Crippen molar-refractivity contribution in [1.82, 2.24) is 5.32 Å². The summed E-state index contributed by atoms with van der Waals surface area (Å²) in [6, 6.07) is -0.914. The summed E-state index contributed by atoms with van der Waals surface area (Å²) in [5.74, 6) is -1.02. The molecular weight excluding hydrogens is 148 g/mol. The lowest BCUT2D eigenvalue weighted by Crippen LogP contribution is -2.52. The maximum atomic E-state index is 10.4. The lowest BCUT2D eigenvalue weighted by atomic mass is 10.1. The van der Waals surface area contributed by atoms with Gasteiger partial charge in [0, 0.05) is 13.1 Å². The van der Waals surface area contributed by atoms with Gasteiger partial charge in [0.1, 0.15) is 6.04 Å². The molecule has 5 heteroatoms. The minimum Gasteiger partial charge on any atom is -0.480 e. The van der Waals surface area contributed by atoms with Crippen LogP contribution in [0.25, 0.3) is 0 Å². The number of carboxylic acids is 1. The molecular formula is C6H12N2O3. The Hall–Kier alpha value is -0.650. The normalized spacial score (nSPS) is 27.9. The van der Waals surface area contributed by atoms with E-state index < -0.39 is 12.0 Å². The molecule has 11 heavy (non-hydrogen) atoms. The largest absolute Gasteiger partial charge is 0.480 e. The van der Waals surface area contributed by atoms with E-state index in [2.05, 4.69) is 5.32 Å². The second kappa shape index (κ2) is 3.66. The van der Waals surface area contributed by atoms with E-state index >= 15 is 0 Å². The Labute approximate surface area is 64.5 Å². The molecule has 4 N–H and O–H groups in total. The van der Waals surface area contributed by atoms with Gasteiger partial charge < -0.3 is 20.9 Å². The van der Waals surface area contributed by atoms with E-state index in [1.807, 2.05) is 0 Å². The van der Waals surface area contributed by atoms with Crippen LogP contribution in [0, 0.1) is 0 Å². The topological polar surface area (TPSA) is 84.6 Å². The maximum absolute atomic E-state index is 10.4. The van der Waals surface area contributed by atoms with Crippen molar-refractivity contribution in [1.29, 1.82) is 0 Å². The first-order chi connectivity index (χ1) is 5.22. The van der Waals surface area contributed by atoms with Gasteiger partial charge in [-0.25, -0.2) is 0 Å². The number of carbonyl (C=O) groups is 1. The third kappa shape index (κ3) is 2.14. The van der Waals surface area contributed by atoms with Gasteiger partial charge in [0.15, 0.2) is 0 Å². The van der Waals surface area contributed by atoms with Gasteiger partial charge in [-0.15, -0.1) is 0 Å². The van der Waals surface area contributed by atoms with Crippen LogP contribution in [0.3, 0.4) is 0 Å². The number of aliphatic carboxylic acids is 1. The molecule has 2 atom stereocenters. The van der Waals surface area contributed by atoms with E-state index in [4.69, 9.17) is 15.6 Å². The summed E-state index contributed by atoms with van der Waals surface area (Å²) in [6.45, 7) is 1.82. The van der Waals surface area contributed by atoms with E-state index in [0.717, 1.165) is 6.54 Å². The molecule has 0 aromatic carbocycles. The van der Waals surface area contributed by atoms with Crippen LogP contribution in [0.5, 0.6) is 0 Å². The molecule has 0 aromatic rings. The SMILES string of the molecule is N[C@H](C(=O)O)[C@@H]1CNCCO1. The Kier molecular flexibility index (Phi) is 2.81. The van der Waals surface area contributed by atoms with Crippen molar-refractivity contribution in [2.45, 2.75) is 12.1 Å². The predicted octanol–water partition coefficient (Wildman–Crippen LogP) is -1.61. The maximum Gasteiger partial charge on any atom is 0.323 e. The number of carboxylic acid groups (broad SMARTS) is 1. The number of hydrogen-bond acceptors (Lipinski definition) is 4. The minimum atomic E-state index is -1.02. The number of rotatable bonds is 2. The average molecular weight is 160 g/mol. The van der Waals surface area contributed by atoms with Gasteiger partial charge in [-0.2, -0.15) is 0 Å². The van der Waals surface area contributed by atoms with Crippen molar-refractivity contribution in [2.24, 2.45) is 5.73 Å². The van der Waals surface area contributed by atoms with E-state index in [9.17, 15) is 4.79 Å². The highest BCUT2D eigenvalue weighted by Gasteiger charge is 2.26. The van der Waals surface area contributed by atoms with E-state index in [1.165, 1.54) is 0 Å². The number of nitrogens with two attached hydrogens (primary N) is 1. The van der Waals surface area contributed by atoms with E-state index in [-0.39, 0.29) is 6.10 Å². The lowest BCUT2D eigenvalue weighted by molar-refractivity contribution is -0.143. The lowest BCUT2D eigenvalue weighted by Gasteiger charge is -2.25. The van der Waals surface area contributed by atoms with E-state index in [0.29, 0.717) is 13.2 Å². The van der Waals surface area contributed by atoms with Gasteiger partial charge in [-0.05, 0) is 0 Å². The molecule has 1 aliphatic rings. The minimum absolute atomic E-state index is 0.388. The fraction of sp³-hybridized carbons (Fsp3) is 0.833. The van der Waals surface area contributed by atoms with Crippen LogP contribution in [0.1, 0.15) is 0 Å². The number of hydrogen-bond donors (Lipinski definition) is 3. The van der Waals surface area contributed by atoms with Gasteiger partial charge in [-0.3, -0.25) is 4.79 Å². The molecule has 0 saturated carbocycles. The monoisotopic (exact) mass is 160 g/mol. The molecule has 1 fully saturated rings. The molecule has 1 rings (SSSR count). The van der Waals surface area contributed by atoms with Crippen LogP contribution in [-0.4, -0.2) is 42.9 Å². The smallest absolute Gasteiger partial charge is 0.323 e. The molecule has 64 valence electrons. The number of morpholine rings is 1. The van der Waals surface area contributed by atoms with Gasteiger partial charge in [0.25, 0.3) is 0 Å². The highest BCUT2D eigenvalue weighted by Crippen LogP contribution is 1.99. The van der Waals surface area contributed by atoms with Crippen LogP contribution in [0.15, 0.2) is 0 Å². The predicted molar refractivity (Wildman–Crippen MR) is 38.2 cm³/mol. The first-order valence-electron chi connectivity index (χ1n) is 3.52. The Morgan fingerprint density at radius 2 is 2.55 bits per heavy atom. The second-order valence-electron chi connectivity index (χ2n) is 2.48. The van der Waals surface area contributed by atoms with Crippen molar-refractivity contribution in [3.63, 3.8) is 0 Å².